The van der Waals surface area contributed by atoms with Gasteiger partial charge in [0, 0.05) is 17.4 Å². The number of rotatable bonds is 4. The van der Waals surface area contributed by atoms with E-state index in [4.69, 9.17) is 4.42 Å². The van der Waals surface area contributed by atoms with Crippen LogP contribution in [0.5, 0.6) is 5.75 Å². The van der Waals surface area contributed by atoms with Crippen molar-refractivity contribution in [3.8, 4) is 5.75 Å². The van der Waals surface area contributed by atoms with Gasteiger partial charge < -0.3 is 14.6 Å². The van der Waals surface area contributed by atoms with E-state index in [2.05, 4.69) is 0 Å². The van der Waals surface area contributed by atoms with Crippen LogP contribution in [0.2, 0.25) is 0 Å². The van der Waals surface area contributed by atoms with E-state index < -0.39 is 5.63 Å². The number of hydrogen-bond donors (Lipinski definition) is 2. The minimum Gasteiger partial charge on any atom is -0.507 e. The van der Waals surface area contributed by atoms with Crippen molar-refractivity contribution in [2.75, 3.05) is 6.61 Å². The smallest absolute Gasteiger partial charge is 0.343 e. The highest BCUT2D eigenvalue weighted by Crippen LogP contribution is 2.49. The highest BCUT2D eigenvalue weighted by molar-refractivity contribution is 5.47. The van der Waals surface area contributed by atoms with Gasteiger partial charge in [-0.05, 0) is 43.6 Å². The molecule has 2 aliphatic carbocycles. The zero-order valence-electron chi connectivity index (χ0n) is 15.0. The van der Waals surface area contributed by atoms with Gasteiger partial charge in [-0.25, -0.2) is 4.79 Å². The van der Waals surface area contributed by atoms with Crippen molar-refractivity contribution in [1.82, 2.24) is 0 Å². The Bertz CT molecular complexity index is 820. The summed E-state index contributed by atoms with van der Waals surface area (Å²) in [6, 6.07) is 9.95. The van der Waals surface area contributed by atoms with Gasteiger partial charge in [-0.15, -0.1) is 0 Å². The fraction of sp³-hybridized carbons (Fsp3) is 0.500. The van der Waals surface area contributed by atoms with E-state index in [1.165, 1.54) is 0 Å². The molecule has 1 saturated carbocycles. The van der Waals surface area contributed by atoms with Gasteiger partial charge in [-0.3, -0.25) is 0 Å². The van der Waals surface area contributed by atoms with Crippen LogP contribution in [0.25, 0.3) is 0 Å². The minimum absolute atomic E-state index is 0.0561. The molecule has 4 nitrogen and oxygen atoms in total. The van der Waals surface area contributed by atoms with Crippen LogP contribution in [-0.4, -0.2) is 16.8 Å². The van der Waals surface area contributed by atoms with Crippen LogP contribution >= 0.6 is 0 Å². The Kier molecular flexibility index (Phi) is 4.86. The third-order valence-corrected chi connectivity index (χ3v) is 5.89. The number of fused-ring (bicyclic) bond motifs is 1. The molecule has 1 heterocycles. The number of benzene rings is 1. The Morgan fingerprint density at radius 2 is 1.85 bits per heavy atom. The molecule has 2 aliphatic rings. The molecule has 2 N–H and O–H groups in total. The average molecular weight is 354 g/mol. The largest absolute Gasteiger partial charge is 0.507 e. The lowest BCUT2D eigenvalue weighted by Crippen LogP contribution is -2.21. The van der Waals surface area contributed by atoms with Crippen LogP contribution in [0.1, 0.15) is 72.8 Å². The van der Waals surface area contributed by atoms with Gasteiger partial charge in [-0.1, -0.05) is 43.2 Å². The normalized spacial score (nSPS) is 21.5. The summed E-state index contributed by atoms with van der Waals surface area (Å²) in [5, 5.41) is 20.9. The first-order valence-electron chi connectivity index (χ1n) is 9.75. The van der Waals surface area contributed by atoms with Gasteiger partial charge in [0.15, 0.2) is 0 Å². The molecular formula is C22H26O4. The lowest BCUT2D eigenvalue weighted by atomic mass is 9.84. The molecule has 0 spiro atoms. The Morgan fingerprint density at radius 3 is 2.54 bits per heavy atom. The Labute approximate surface area is 153 Å². The fourth-order valence-corrected chi connectivity index (χ4v) is 4.38. The number of aliphatic hydroxyl groups excluding tert-OH is 1. The van der Waals surface area contributed by atoms with E-state index >= 15 is 0 Å². The van der Waals surface area contributed by atoms with Crippen molar-refractivity contribution < 1.29 is 14.6 Å². The molecule has 26 heavy (non-hydrogen) atoms. The summed E-state index contributed by atoms with van der Waals surface area (Å²) in [4.78, 5) is 12.9. The van der Waals surface area contributed by atoms with E-state index in [1.54, 1.807) is 0 Å². The molecule has 0 aliphatic heterocycles. The molecule has 2 atom stereocenters. The third-order valence-electron chi connectivity index (χ3n) is 5.89. The first-order chi connectivity index (χ1) is 12.7. The number of aromatic hydroxyl groups is 1. The molecule has 4 heteroatoms. The van der Waals surface area contributed by atoms with Crippen molar-refractivity contribution in [2.45, 2.75) is 56.8 Å². The molecule has 1 fully saturated rings. The molecule has 1 aromatic heterocycles. The van der Waals surface area contributed by atoms with Gasteiger partial charge in [0.25, 0.3) is 0 Å². The maximum absolute atomic E-state index is 12.9. The Morgan fingerprint density at radius 1 is 1.08 bits per heavy atom. The maximum Gasteiger partial charge on any atom is 0.343 e. The van der Waals surface area contributed by atoms with Crippen molar-refractivity contribution >= 4 is 0 Å². The maximum atomic E-state index is 12.9. The predicted octanol–water partition coefficient (Wildman–Crippen LogP) is 4.08. The summed E-state index contributed by atoms with van der Waals surface area (Å²) in [5.74, 6) is 0.676. The lowest BCUT2D eigenvalue weighted by Gasteiger charge is -2.24. The zero-order valence-corrected chi connectivity index (χ0v) is 15.0. The van der Waals surface area contributed by atoms with Gasteiger partial charge in [-0.2, -0.15) is 0 Å². The van der Waals surface area contributed by atoms with Crippen LogP contribution in [0.4, 0.5) is 0 Å². The molecule has 0 amide bonds. The topological polar surface area (TPSA) is 70.7 Å². The Balaban J connectivity index is 1.86. The summed E-state index contributed by atoms with van der Waals surface area (Å²) < 4.78 is 5.76. The second-order valence-electron chi connectivity index (χ2n) is 7.70. The minimum atomic E-state index is -0.443. The van der Waals surface area contributed by atoms with Crippen LogP contribution in [-0.2, 0) is 6.42 Å². The van der Waals surface area contributed by atoms with Crippen LogP contribution in [0.15, 0.2) is 39.5 Å². The van der Waals surface area contributed by atoms with Gasteiger partial charge in [0.1, 0.15) is 11.5 Å². The van der Waals surface area contributed by atoms with Crippen molar-refractivity contribution in [2.24, 2.45) is 5.92 Å². The monoisotopic (exact) mass is 354 g/mol. The van der Waals surface area contributed by atoms with Crippen molar-refractivity contribution in [1.29, 1.82) is 0 Å². The van der Waals surface area contributed by atoms with E-state index in [-0.39, 0.29) is 24.2 Å². The summed E-state index contributed by atoms with van der Waals surface area (Å²) in [6.07, 6.45) is 6.64. The van der Waals surface area contributed by atoms with Gasteiger partial charge >= 0.3 is 5.63 Å². The summed E-state index contributed by atoms with van der Waals surface area (Å²) >= 11 is 0. The second-order valence-corrected chi connectivity index (χ2v) is 7.70. The number of aliphatic hydroxyl groups is 1. The molecular weight excluding hydrogens is 328 g/mol. The van der Waals surface area contributed by atoms with Crippen molar-refractivity contribution in [3.63, 3.8) is 0 Å². The highest BCUT2D eigenvalue weighted by atomic mass is 16.4. The molecule has 138 valence electrons. The summed E-state index contributed by atoms with van der Waals surface area (Å²) in [6.45, 7) is -0.0561. The van der Waals surface area contributed by atoms with Crippen LogP contribution in [0.3, 0.4) is 0 Å². The molecule has 1 aromatic carbocycles. The lowest BCUT2D eigenvalue weighted by molar-refractivity contribution is 0.229. The highest BCUT2D eigenvalue weighted by Gasteiger charge is 2.38. The fourth-order valence-electron chi connectivity index (χ4n) is 4.38. The number of hydrogen-bond acceptors (Lipinski definition) is 4. The zero-order chi connectivity index (χ0) is 18.1. The molecule has 0 radical (unpaired) electrons. The Hall–Kier alpha value is -2.07. The molecule has 0 saturated heterocycles. The van der Waals surface area contributed by atoms with Gasteiger partial charge in [0.05, 0.1) is 12.2 Å². The van der Waals surface area contributed by atoms with E-state index in [0.29, 0.717) is 23.7 Å². The van der Waals surface area contributed by atoms with E-state index in [9.17, 15) is 15.0 Å². The molecule has 0 bridgehead atoms. The summed E-state index contributed by atoms with van der Waals surface area (Å²) in [5.41, 5.74) is 1.76. The third kappa shape index (κ3) is 3.18. The molecule has 4 rings (SSSR count). The van der Waals surface area contributed by atoms with Crippen molar-refractivity contribution in [3.05, 3.63) is 63.2 Å². The van der Waals surface area contributed by atoms with E-state index in [1.807, 2.05) is 30.3 Å². The second kappa shape index (κ2) is 7.28. The predicted molar refractivity (Wildman–Crippen MR) is 99.7 cm³/mol. The standard InChI is InChI=1S/C22H26O4/c23-13-16-9-5-2-6-10-17-20(24)19(22(25)26-21(16)17)18(15-11-12-15)14-7-3-1-4-8-14/h1,3-4,7-8,15-16,18,23-24H,2,5-6,9-13H2. The van der Waals surface area contributed by atoms with Gasteiger partial charge in [0.2, 0.25) is 0 Å². The summed E-state index contributed by atoms with van der Waals surface area (Å²) in [7, 11) is 0. The molecule has 2 aromatic rings. The first-order valence-corrected chi connectivity index (χ1v) is 9.75. The van der Waals surface area contributed by atoms with Crippen LogP contribution < -0.4 is 5.63 Å². The SMILES string of the molecule is O=c1oc2c(c(O)c1C(c1ccccc1)C1CC1)CCCCCC2CO. The molecule has 2 unspecified atom stereocenters. The first kappa shape index (κ1) is 17.3. The van der Waals surface area contributed by atoms with E-state index in [0.717, 1.165) is 49.7 Å². The quantitative estimate of drug-likeness (QED) is 0.868. The van der Waals surface area contributed by atoms with Crippen LogP contribution in [0, 0.1) is 5.92 Å². The average Bonchev–Trinajstić information content (AvgIpc) is 3.46.